The van der Waals surface area contributed by atoms with Gasteiger partial charge < -0.3 is 9.84 Å². The highest BCUT2D eigenvalue weighted by Gasteiger charge is 2.75. The molecule has 0 radical (unpaired) electrons. The van der Waals surface area contributed by atoms with Crippen molar-refractivity contribution in [2.75, 3.05) is 6.61 Å². The van der Waals surface area contributed by atoms with E-state index < -0.39 is 33.2 Å². The zero-order valence-electron chi connectivity index (χ0n) is 17.4. The van der Waals surface area contributed by atoms with Gasteiger partial charge in [-0.05, 0) is 40.5 Å². The van der Waals surface area contributed by atoms with Crippen molar-refractivity contribution in [2.24, 2.45) is 5.41 Å². The normalized spacial score (nSPS) is 42.9. The summed E-state index contributed by atoms with van der Waals surface area (Å²) < 4.78 is 6.46. The van der Waals surface area contributed by atoms with Gasteiger partial charge in [0, 0.05) is 5.41 Å². The molecule has 1 aliphatic rings. The van der Waals surface area contributed by atoms with Gasteiger partial charge in [-0.2, -0.15) is 0 Å². The Bertz CT molecular complexity index is 505. The molecule has 0 aromatic heterocycles. The first-order chi connectivity index (χ1) is 12.2. The van der Waals surface area contributed by atoms with Gasteiger partial charge >= 0.3 is 0 Å². The summed E-state index contributed by atoms with van der Waals surface area (Å²) in [6.45, 7) is 12.0. The minimum absolute atomic E-state index is 0.260. The maximum absolute atomic E-state index is 11.8. The summed E-state index contributed by atoms with van der Waals surface area (Å²) in [6.07, 6.45) is 2.23. The van der Waals surface area contributed by atoms with Crippen molar-refractivity contribution in [1.82, 2.24) is 10.8 Å². The Hall–Kier alpha value is -0.400. The zero-order chi connectivity index (χ0) is 21.3. The van der Waals surface area contributed by atoms with Crippen LogP contribution in [0.4, 0.5) is 0 Å². The van der Waals surface area contributed by atoms with E-state index in [0.717, 1.165) is 0 Å². The van der Waals surface area contributed by atoms with Crippen LogP contribution in [0.5, 0.6) is 0 Å². The van der Waals surface area contributed by atoms with Crippen molar-refractivity contribution in [1.29, 1.82) is 0 Å². The predicted molar refractivity (Wildman–Crippen MR) is 92.7 cm³/mol. The molecule has 1 aliphatic heterocycles. The van der Waals surface area contributed by atoms with Gasteiger partial charge in [0.15, 0.2) is 0 Å². The molecule has 0 aromatic carbocycles. The first-order valence-corrected chi connectivity index (χ1v) is 9.26. The van der Waals surface area contributed by atoms with Crippen LogP contribution in [-0.2, 0) is 14.4 Å². The van der Waals surface area contributed by atoms with E-state index in [1.165, 1.54) is 0 Å². The van der Waals surface area contributed by atoms with Crippen molar-refractivity contribution >= 4 is 0 Å². The fraction of sp³-hybridized carbons (Fsp3) is 1.00. The molecular weight excluding hydrogens is 360 g/mol. The lowest BCUT2D eigenvalue weighted by Gasteiger charge is -2.69. The average molecular weight is 396 g/mol. The van der Waals surface area contributed by atoms with Crippen LogP contribution in [0.2, 0.25) is 0 Å². The lowest BCUT2D eigenvalue weighted by atomic mass is 9.50. The van der Waals surface area contributed by atoms with E-state index in [0.29, 0.717) is 25.7 Å². The summed E-state index contributed by atoms with van der Waals surface area (Å²) in [6, 6.07) is 0. The fourth-order valence-electron chi connectivity index (χ4n) is 4.76. The van der Waals surface area contributed by atoms with E-state index in [1.807, 2.05) is 13.8 Å². The molecule has 10 heteroatoms. The van der Waals surface area contributed by atoms with Crippen LogP contribution in [0.1, 0.15) is 74.1 Å². The molecule has 3 unspecified atom stereocenters. The third-order valence-corrected chi connectivity index (χ3v) is 6.83. The largest absolute Gasteiger partial charge is 0.386 e. The van der Waals surface area contributed by atoms with E-state index >= 15 is 0 Å². The summed E-state index contributed by atoms with van der Waals surface area (Å²) in [5.41, 5.74) is -6.56. The minimum atomic E-state index is -1.64. The highest BCUT2D eigenvalue weighted by atomic mass is 17.1. The molecule has 0 bridgehead atoms. The number of ether oxygens (including phenoxy) is 1. The van der Waals surface area contributed by atoms with E-state index in [1.54, 1.807) is 34.6 Å². The number of aliphatic hydroxyl groups is 1. The van der Waals surface area contributed by atoms with Gasteiger partial charge in [0.25, 0.3) is 0 Å². The Morgan fingerprint density at radius 1 is 0.815 bits per heavy atom. The maximum atomic E-state index is 11.8. The molecule has 27 heavy (non-hydrogen) atoms. The van der Waals surface area contributed by atoms with Crippen LogP contribution in [0.3, 0.4) is 0 Å². The Labute approximate surface area is 160 Å². The van der Waals surface area contributed by atoms with Gasteiger partial charge in [-0.1, -0.05) is 33.6 Å². The molecule has 0 aliphatic carbocycles. The van der Waals surface area contributed by atoms with Gasteiger partial charge in [-0.15, -0.1) is 0 Å². The van der Waals surface area contributed by atoms with Gasteiger partial charge in [-0.3, -0.25) is 20.8 Å². The molecule has 1 heterocycles. The van der Waals surface area contributed by atoms with Crippen LogP contribution in [0, 0.1) is 5.41 Å². The van der Waals surface area contributed by atoms with E-state index in [9.17, 15) is 15.5 Å². The van der Waals surface area contributed by atoms with Gasteiger partial charge in [0.05, 0.1) is 22.0 Å². The molecule has 5 atom stereocenters. The van der Waals surface area contributed by atoms with Crippen LogP contribution in [-0.4, -0.2) is 65.7 Å². The molecule has 0 saturated carbocycles. The highest BCUT2D eigenvalue weighted by Crippen LogP contribution is 2.62. The summed E-state index contributed by atoms with van der Waals surface area (Å²) in [5, 5.41) is 47.9. The molecule has 10 nitrogen and oxygen atoms in total. The van der Waals surface area contributed by atoms with Gasteiger partial charge in [0.2, 0.25) is 0 Å². The van der Waals surface area contributed by atoms with Crippen molar-refractivity contribution < 1.29 is 40.3 Å². The first kappa shape index (κ1) is 24.6. The SMILES string of the molecule is CCC[C@]1(C)C(C)(CON(O)O)O[C@](C)(CCC)C(C)(ON(O)O)C1(C)O. The second-order valence-corrected chi connectivity index (χ2v) is 8.37. The number of hydrogen-bond donors (Lipinski definition) is 5. The summed E-state index contributed by atoms with van der Waals surface area (Å²) in [7, 11) is 0. The number of rotatable bonds is 9. The van der Waals surface area contributed by atoms with Crippen LogP contribution < -0.4 is 0 Å². The monoisotopic (exact) mass is 396 g/mol. The summed E-state index contributed by atoms with van der Waals surface area (Å²) >= 11 is 0. The smallest absolute Gasteiger partial charge is 0.149 e. The van der Waals surface area contributed by atoms with E-state index in [2.05, 4.69) is 0 Å². The molecule has 1 saturated heterocycles. The second-order valence-electron chi connectivity index (χ2n) is 8.37. The molecule has 0 aromatic rings. The van der Waals surface area contributed by atoms with E-state index in [-0.39, 0.29) is 12.0 Å². The standard InChI is InChI=1S/C17H36N2O8/c1-8-10-13(3)15(5,12-25-18(21)22)26-14(4,11-9-2)17(7,16(13,6)20)27-19(23)24/h20-24H,8-12H2,1-7H3/t13-,14-,15?,16?,17?/m1/s1. The molecule has 5 N–H and O–H groups in total. The van der Waals surface area contributed by atoms with Crippen LogP contribution >= 0.6 is 0 Å². The molecule has 0 amide bonds. The zero-order valence-corrected chi connectivity index (χ0v) is 17.4. The quantitative estimate of drug-likeness (QED) is 0.370. The van der Waals surface area contributed by atoms with Crippen LogP contribution in [0.25, 0.3) is 0 Å². The highest BCUT2D eigenvalue weighted by molar-refractivity contribution is 5.22. The molecule has 1 rings (SSSR count). The first-order valence-electron chi connectivity index (χ1n) is 9.26. The van der Waals surface area contributed by atoms with Gasteiger partial charge in [0.1, 0.15) is 17.8 Å². The Morgan fingerprint density at radius 2 is 1.33 bits per heavy atom. The Morgan fingerprint density at radius 3 is 1.74 bits per heavy atom. The Kier molecular flexibility index (Phi) is 7.44. The average Bonchev–Trinajstić information content (AvgIpc) is 2.51. The maximum Gasteiger partial charge on any atom is 0.149 e. The topological polar surface area (TPSA) is 135 Å². The molecule has 162 valence electrons. The Balaban J connectivity index is 3.64. The van der Waals surface area contributed by atoms with Gasteiger partial charge in [-0.25, -0.2) is 9.68 Å². The van der Waals surface area contributed by atoms with E-state index in [4.69, 9.17) is 24.8 Å². The fourth-order valence-corrected chi connectivity index (χ4v) is 4.76. The molecule has 1 fully saturated rings. The van der Waals surface area contributed by atoms with Crippen LogP contribution in [0.15, 0.2) is 0 Å². The third-order valence-electron chi connectivity index (χ3n) is 6.83. The second kappa shape index (κ2) is 8.15. The summed E-state index contributed by atoms with van der Waals surface area (Å²) in [4.78, 5) is 10.2. The number of hydrogen-bond acceptors (Lipinski definition) is 10. The molecule has 0 spiro atoms. The van der Waals surface area contributed by atoms with Crippen molar-refractivity contribution in [3.05, 3.63) is 0 Å². The predicted octanol–water partition coefficient (Wildman–Crippen LogP) is 2.67. The lowest BCUT2D eigenvalue weighted by Crippen LogP contribution is -2.82. The summed E-state index contributed by atoms with van der Waals surface area (Å²) in [5.74, 6) is 0. The number of nitrogens with zero attached hydrogens (tertiary/aromatic N) is 2. The third kappa shape index (κ3) is 3.88. The van der Waals surface area contributed by atoms with Crippen molar-refractivity contribution in [3.8, 4) is 0 Å². The minimum Gasteiger partial charge on any atom is -0.386 e. The molecular formula is C17H36N2O8. The van der Waals surface area contributed by atoms with Crippen molar-refractivity contribution in [2.45, 2.75) is 96.6 Å². The van der Waals surface area contributed by atoms with Crippen molar-refractivity contribution in [3.63, 3.8) is 0 Å². The lowest BCUT2D eigenvalue weighted by molar-refractivity contribution is -0.563.